The summed E-state index contributed by atoms with van der Waals surface area (Å²) in [6.45, 7) is 9.44. The van der Waals surface area contributed by atoms with Crippen LogP contribution in [0.15, 0.2) is 30.3 Å². The van der Waals surface area contributed by atoms with Gasteiger partial charge in [-0.05, 0) is 29.2 Å². The molecule has 1 aliphatic rings. The topological polar surface area (TPSA) is 29.1 Å². The van der Waals surface area contributed by atoms with Crippen molar-refractivity contribution in [2.45, 2.75) is 40.0 Å². The first-order valence-corrected chi connectivity index (χ1v) is 7.31. The van der Waals surface area contributed by atoms with Crippen LogP contribution in [0.5, 0.6) is 0 Å². The fourth-order valence-electron chi connectivity index (χ4n) is 3.02. The molecule has 1 saturated carbocycles. The highest BCUT2D eigenvalue weighted by molar-refractivity contribution is 5.78. The molecule has 1 aliphatic carbocycles. The molecule has 0 unspecified atom stereocenters. The van der Waals surface area contributed by atoms with Crippen LogP contribution in [0.1, 0.15) is 45.6 Å². The quantitative estimate of drug-likeness (QED) is 0.860. The zero-order chi connectivity index (χ0) is 14.0. The molecule has 0 radical (unpaired) electrons. The smallest absolute Gasteiger partial charge is 0.222 e. The van der Waals surface area contributed by atoms with Gasteiger partial charge >= 0.3 is 0 Å². The molecule has 1 amide bonds. The summed E-state index contributed by atoms with van der Waals surface area (Å²) in [6, 6.07) is 10.6. The van der Waals surface area contributed by atoms with Gasteiger partial charge in [-0.3, -0.25) is 4.79 Å². The standard InChI is InChI=1S/C17H25NO/c1-5-12(2)16(19)18-11-14-15(17(14,3)4)13-9-7-6-8-10-13/h6-10,12,14-15H,5,11H2,1-4H3,(H,18,19)/t12-,14+,15+/m0/s1. The van der Waals surface area contributed by atoms with E-state index in [1.165, 1.54) is 5.56 Å². The molecule has 0 bridgehead atoms. The molecule has 104 valence electrons. The van der Waals surface area contributed by atoms with Gasteiger partial charge in [-0.25, -0.2) is 0 Å². The van der Waals surface area contributed by atoms with E-state index in [2.05, 4.69) is 56.4 Å². The van der Waals surface area contributed by atoms with Crippen LogP contribution in [0, 0.1) is 17.3 Å². The minimum Gasteiger partial charge on any atom is -0.356 e. The average molecular weight is 259 g/mol. The lowest BCUT2D eigenvalue weighted by atomic mass is 10.0. The summed E-state index contributed by atoms with van der Waals surface area (Å²) in [5.74, 6) is 1.45. The molecule has 2 rings (SSSR count). The highest BCUT2D eigenvalue weighted by Crippen LogP contribution is 2.63. The minimum atomic E-state index is 0.122. The Hall–Kier alpha value is -1.31. The zero-order valence-corrected chi connectivity index (χ0v) is 12.4. The lowest BCUT2D eigenvalue weighted by Gasteiger charge is -2.10. The van der Waals surface area contributed by atoms with E-state index in [0.717, 1.165) is 13.0 Å². The molecular formula is C17H25NO. The molecule has 19 heavy (non-hydrogen) atoms. The van der Waals surface area contributed by atoms with Crippen molar-refractivity contribution in [2.75, 3.05) is 6.54 Å². The Morgan fingerprint density at radius 1 is 1.32 bits per heavy atom. The summed E-state index contributed by atoms with van der Waals surface area (Å²) in [6.07, 6.45) is 0.905. The Morgan fingerprint density at radius 3 is 2.53 bits per heavy atom. The SMILES string of the molecule is CC[C@H](C)C(=O)NC[C@@H]1[C@@H](c2ccccc2)C1(C)C. The second-order valence-corrected chi connectivity index (χ2v) is 6.37. The van der Waals surface area contributed by atoms with Crippen LogP contribution in [-0.4, -0.2) is 12.5 Å². The predicted octanol–water partition coefficient (Wildman–Crippen LogP) is 3.59. The number of benzene rings is 1. The third kappa shape index (κ3) is 2.83. The Morgan fingerprint density at radius 2 is 1.95 bits per heavy atom. The van der Waals surface area contributed by atoms with Gasteiger partial charge in [0.25, 0.3) is 0 Å². The minimum absolute atomic E-state index is 0.122. The molecule has 0 aromatic heterocycles. The first-order valence-electron chi connectivity index (χ1n) is 7.31. The van der Waals surface area contributed by atoms with Crippen molar-refractivity contribution in [3.8, 4) is 0 Å². The fraction of sp³-hybridized carbons (Fsp3) is 0.588. The lowest BCUT2D eigenvalue weighted by Crippen LogP contribution is -2.31. The summed E-state index contributed by atoms with van der Waals surface area (Å²) in [5, 5.41) is 3.11. The number of carbonyl (C=O) groups is 1. The van der Waals surface area contributed by atoms with Crippen LogP contribution in [0.2, 0.25) is 0 Å². The van der Waals surface area contributed by atoms with Crippen LogP contribution < -0.4 is 5.32 Å². The van der Waals surface area contributed by atoms with Crippen molar-refractivity contribution in [1.29, 1.82) is 0 Å². The van der Waals surface area contributed by atoms with E-state index in [1.54, 1.807) is 0 Å². The van der Waals surface area contributed by atoms with Gasteiger partial charge in [0.2, 0.25) is 5.91 Å². The van der Waals surface area contributed by atoms with Gasteiger partial charge in [0.1, 0.15) is 0 Å². The lowest BCUT2D eigenvalue weighted by molar-refractivity contribution is -0.124. The fourth-order valence-corrected chi connectivity index (χ4v) is 3.02. The first-order chi connectivity index (χ1) is 8.98. The van der Waals surface area contributed by atoms with Gasteiger partial charge in [0, 0.05) is 12.5 Å². The van der Waals surface area contributed by atoms with E-state index >= 15 is 0 Å². The number of nitrogens with one attached hydrogen (secondary N) is 1. The summed E-state index contributed by atoms with van der Waals surface area (Å²) < 4.78 is 0. The molecule has 0 aliphatic heterocycles. The van der Waals surface area contributed by atoms with Crippen LogP contribution in [0.4, 0.5) is 0 Å². The van der Waals surface area contributed by atoms with Crippen LogP contribution in [0.25, 0.3) is 0 Å². The Bertz CT molecular complexity index is 438. The molecule has 1 aromatic rings. The first kappa shape index (κ1) is 14.1. The number of rotatable bonds is 5. The van der Waals surface area contributed by atoms with Crippen LogP contribution in [-0.2, 0) is 4.79 Å². The molecule has 3 atom stereocenters. The third-order valence-electron chi connectivity index (χ3n) is 4.77. The van der Waals surface area contributed by atoms with Gasteiger partial charge < -0.3 is 5.32 Å². The summed E-state index contributed by atoms with van der Waals surface area (Å²) in [5.41, 5.74) is 1.69. The monoisotopic (exact) mass is 259 g/mol. The summed E-state index contributed by atoms with van der Waals surface area (Å²) >= 11 is 0. The molecule has 2 nitrogen and oxygen atoms in total. The molecule has 1 aromatic carbocycles. The van der Waals surface area contributed by atoms with Gasteiger partial charge in [-0.2, -0.15) is 0 Å². The predicted molar refractivity (Wildman–Crippen MR) is 78.9 cm³/mol. The van der Waals surface area contributed by atoms with E-state index in [-0.39, 0.29) is 11.8 Å². The number of carbonyl (C=O) groups excluding carboxylic acids is 1. The second kappa shape index (κ2) is 5.36. The maximum Gasteiger partial charge on any atom is 0.222 e. The third-order valence-corrected chi connectivity index (χ3v) is 4.77. The van der Waals surface area contributed by atoms with Crippen molar-refractivity contribution in [2.24, 2.45) is 17.3 Å². The maximum atomic E-state index is 11.8. The molecular weight excluding hydrogens is 234 g/mol. The normalized spacial score (nSPS) is 25.7. The van der Waals surface area contributed by atoms with Gasteiger partial charge in [0.05, 0.1) is 0 Å². The number of hydrogen-bond acceptors (Lipinski definition) is 1. The number of amides is 1. The van der Waals surface area contributed by atoms with Crippen LogP contribution in [0.3, 0.4) is 0 Å². The average Bonchev–Trinajstić information content (AvgIpc) is 2.97. The largest absolute Gasteiger partial charge is 0.356 e. The number of hydrogen-bond donors (Lipinski definition) is 1. The summed E-state index contributed by atoms with van der Waals surface area (Å²) in [4.78, 5) is 11.8. The van der Waals surface area contributed by atoms with Crippen molar-refractivity contribution >= 4 is 5.91 Å². The molecule has 0 heterocycles. The van der Waals surface area contributed by atoms with E-state index in [9.17, 15) is 4.79 Å². The van der Waals surface area contributed by atoms with Gasteiger partial charge in [-0.1, -0.05) is 58.0 Å². The van der Waals surface area contributed by atoms with E-state index < -0.39 is 0 Å². The van der Waals surface area contributed by atoms with Crippen molar-refractivity contribution in [1.82, 2.24) is 5.32 Å². The zero-order valence-electron chi connectivity index (χ0n) is 12.4. The Labute approximate surface area is 116 Å². The van der Waals surface area contributed by atoms with Crippen molar-refractivity contribution < 1.29 is 4.79 Å². The molecule has 1 N–H and O–H groups in total. The molecule has 2 heteroatoms. The Balaban J connectivity index is 1.94. The highest BCUT2D eigenvalue weighted by Gasteiger charge is 2.57. The van der Waals surface area contributed by atoms with Crippen LogP contribution >= 0.6 is 0 Å². The van der Waals surface area contributed by atoms with E-state index in [0.29, 0.717) is 17.3 Å². The van der Waals surface area contributed by atoms with E-state index in [1.807, 2.05) is 6.92 Å². The van der Waals surface area contributed by atoms with E-state index in [4.69, 9.17) is 0 Å². The molecule has 0 spiro atoms. The van der Waals surface area contributed by atoms with Crippen molar-refractivity contribution in [3.63, 3.8) is 0 Å². The van der Waals surface area contributed by atoms with Gasteiger partial charge in [-0.15, -0.1) is 0 Å². The highest BCUT2D eigenvalue weighted by atomic mass is 16.1. The molecule has 0 saturated heterocycles. The second-order valence-electron chi connectivity index (χ2n) is 6.37. The Kier molecular flexibility index (Phi) is 3.98. The van der Waals surface area contributed by atoms with Gasteiger partial charge in [0.15, 0.2) is 0 Å². The van der Waals surface area contributed by atoms with Crippen molar-refractivity contribution in [3.05, 3.63) is 35.9 Å². The maximum absolute atomic E-state index is 11.8. The molecule has 1 fully saturated rings. The summed E-state index contributed by atoms with van der Waals surface area (Å²) in [7, 11) is 0.